The van der Waals surface area contributed by atoms with Crippen LogP contribution >= 0.6 is 15.9 Å². The average Bonchev–Trinajstić information content (AvgIpc) is 2.83. The van der Waals surface area contributed by atoms with Crippen molar-refractivity contribution in [1.29, 1.82) is 0 Å². The van der Waals surface area contributed by atoms with Gasteiger partial charge in [-0.25, -0.2) is 0 Å². The Morgan fingerprint density at radius 2 is 1.45 bits per heavy atom. The monoisotopic (exact) mass is 480 g/mol. The summed E-state index contributed by atoms with van der Waals surface area (Å²) in [4.78, 5) is 29.1. The second kappa shape index (κ2) is 10.3. The number of carbonyl (C=O) groups excluding carboxylic acids is 2. The van der Waals surface area contributed by atoms with Gasteiger partial charge in [0.2, 0.25) is 5.91 Å². The topological polar surface area (TPSA) is 40.6 Å². The van der Waals surface area contributed by atoms with E-state index in [4.69, 9.17) is 0 Å². The molecule has 0 atom stereocenters. The minimum Gasteiger partial charge on any atom is -0.368 e. The highest BCUT2D eigenvalue weighted by molar-refractivity contribution is 9.10. The second-order valence-electron chi connectivity index (χ2n) is 8.44. The SMILES string of the molecule is O=C(/C=C/C(=O)N1CCN(c2ccc(Br)cc2)CC1)c1ccc(C2CCCCC2)cc1. The first-order valence-electron chi connectivity index (χ1n) is 11.2. The van der Waals surface area contributed by atoms with Crippen molar-refractivity contribution >= 4 is 33.3 Å². The number of piperazine rings is 1. The van der Waals surface area contributed by atoms with Crippen molar-refractivity contribution in [2.24, 2.45) is 0 Å². The summed E-state index contributed by atoms with van der Waals surface area (Å²) < 4.78 is 1.06. The van der Waals surface area contributed by atoms with Gasteiger partial charge in [-0.1, -0.05) is 59.5 Å². The van der Waals surface area contributed by atoms with Gasteiger partial charge in [-0.05, 0) is 54.7 Å². The zero-order chi connectivity index (χ0) is 21.6. The Morgan fingerprint density at radius 1 is 0.806 bits per heavy atom. The van der Waals surface area contributed by atoms with Gasteiger partial charge in [0.05, 0.1) is 0 Å². The highest BCUT2D eigenvalue weighted by Crippen LogP contribution is 2.32. The second-order valence-corrected chi connectivity index (χ2v) is 9.36. The molecule has 0 unspecified atom stereocenters. The summed E-state index contributed by atoms with van der Waals surface area (Å²) in [5, 5.41) is 0. The van der Waals surface area contributed by atoms with Gasteiger partial charge < -0.3 is 9.80 Å². The number of anilines is 1. The standard InChI is InChI=1S/C26H29BrN2O2/c27-23-10-12-24(13-11-23)28-16-18-29(19-17-28)26(31)15-14-25(30)22-8-6-21(7-9-22)20-4-2-1-3-5-20/h6-15,20H,1-5,16-19H2/b15-14+. The lowest BCUT2D eigenvalue weighted by atomic mass is 9.84. The van der Waals surface area contributed by atoms with E-state index in [1.165, 1.54) is 49.8 Å². The maximum atomic E-state index is 12.5. The predicted octanol–water partition coefficient (Wildman–Crippen LogP) is 5.58. The third kappa shape index (κ3) is 5.65. The molecule has 0 aromatic heterocycles. The van der Waals surface area contributed by atoms with Crippen LogP contribution in [-0.4, -0.2) is 42.8 Å². The van der Waals surface area contributed by atoms with Gasteiger partial charge in [0.1, 0.15) is 0 Å². The van der Waals surface area contributed by atoms with Crippen molar-refractivity contribution in [3.8, 4) is 0 Å². The van der Waals surface area contributed by atoms with Crippen LogP contribution in [0.2, 0.25) is 0 Å². The third-order valence-corrected chi connectivity index (χ3v) is 6.96. The molecular formula is C26H29BrN2O2. The van der Waals surface area contributed by atoms with E-state index >= 15 is 0 Å². The van der Waals surface area contributed by atoms with Gasteiger partial charge in [0.15, 0.2) is 5.78 Å². The van der Waals surface area contributed by atoms with Crippen LogP contribution in [-0.2, 0) is 4.79 Å². The summed E-state index contributed by atoms with van der Waals surface area (Å²) in [5.74, 6) is 0.422. The minimum absolute atomic E-state index is 0.0948. The Morgan fingerprint density at radius 3 is 2.10 bits per heavy atom. The molecule has 1 heterocycles. The molecular weight excluding hydrogens is 452 g/mol. The van der Waals surface area contributed by atoms with Crippen molar-refractivity contribution in [2.45, 2.75) is 38.0 Å². The molecule has 2 aromatic carbocycles. The van der Waals surface area contributed by atoms with E-state index in [1.807, 2.05) is 29.2 Å². The highest BCUT2D eigenvalue weighted by atomic mass is 79.9. The molecule has 2 aromatic rings. The molecule has 0 spiro atoms. The lowest BCUT2D eigenvalue weighted by Gasteiger charge is -2.35. The highest BCUT2D eigenvalue weighted by Gasteiger charge is 2.20. The molecule has 4 rings (SSSR count). The molecule has 2 fully saturated rings. The van der Waals surface area contributed by atoms with Crippen LogP contribution in [0.5, 0.6) is 0 Å². The van der Waals surface area contributed by atoms with Gasteiger partial charge in [0, 0.05) is 48.0 Å². The van der Waals surface area contributed by atoms with E-state index < -0.39 is 0 Å². The largest absolute Gasteiger partial charge is 0.368 e. The van der Waals surface area contributed by atoms with E-state index in [9.17, 15) is 9.59 Å². The molecule has 5 heteroatoms. The lowest BCUT2D eigenvalue weighted by Crippen LogP contribution is -2.48. The number of hydrogen-bond acceptors (Lipinski definition) is 3. The van der Waals surface area contributed by atoms with Crippen molar-refractivity contribution in [3.63, 3.8) is 0 Å². The fraction of sp³-hybridized carbons (Fsp3) is 0.385. The Kier molecular flexibility index (Phi) is 7.23. The molecule has 31 heavy (non-hydrogen) atoms. The zero-order valence-electron chi connectivity index (χ0n) is 17.8. The zero-order valence-corrected chi connectivity index (χ0v) is 19.4. The van der Waals surface area contributed by atoms with Crippen LogP contribution in [0.4, 0.5) is 5.69 Å². The molecule has 1 amide bonds. The molecule has 2 aliphatic rings. The summed E-state index contributed by atoms with van der Waals surface area (Å²) >= 11 is 3.46. The number of benzene rings is 2. The van der Waals surface area contributed by atoms with Crippen LogP contribution in [0.1, 0.15) is 53.9 Å². The van der Waals surface area contributed by atoms with Gasteiger partial charge in [-0.3, -0.25) is 9.59 Å². The summed E-state index contributed by atoms with van der Waals surface area (Å²) in [6.07, 6.45) is 9.27. The molecule has 0 bridgehead atoms. The van der Waals surface area contributed by atoms with E-state index in [0.717, 1.165) is 23.2 Å². The van der Waals surface area contributed by atoms with Gasteiger partial charge in [-0.15, -0.1) is 0 Å². The lowest BCUT2D eigenvalue weighted by molar-refractivity contribution is -0.126. The normalized spacial score (nSPS) is 17.8. The Hall–Kier alpha value is -2.40. The van der Waals surface area contributed by atoms with Crippen LogP contribution in [0.3, 0.4) is 0 Å². The number of rotatable bonds is 5. The maximum absolute atomic E-state index is 12.5. The number of halogens is 1. The number of ketones is 1. The summed E-state index contributed by atoms with van der Waals surface area (Å²) in [5.41, 5.74) is 3.14. The van der Waals surface area contributed by atoms with Crippen molar-refractivity contribution in [3.05, 3.63) is 76.3 Å². The first-order chi connectivity index (χ1) is 15.1. The van der Waals surface area contributed by atoms with Crippen molar-refractivity contribution in [2.75, 3.05) is 31.1 Å². The van der Waals surface area contributed by atoms with Gasteiger partial charge in [0.25, 0.3) is 0 Å². The van der Waals surface area contributed by atoms with E-state index in [2.05, 4.69) is 45.1 Å². The van der Waals surface area contributed by atoms with Crippen LogP contribution in [0, 0.1) is 0 Å². The number of carbonyl (C=O) groups is 2. The van der Waals surface area contributed by atoms with Gasteiger partial charge in [-0.2, -0.15) is 0 Å². The molecule has 4 nitrogen and oxygen atoms in total. The molecule has 1 aliphatic carbocycles. The van der Waals surface area contributed by atoms with Crippen LogP contribution < -0.4 is 4.90 Å². The predicted molar refractivity (Wildman–Crippen MR) is 129 cm³/mol. The number of amides is 1. The first-order valence-corrected chi connectivity index (χ1v) is 12.0. The van der Waals surface area contributed by atoms with Crippen LogP contribution in [0.15, 0.2) is 65.2 Å². The van der Waals surface area contributed by atoms with E-state index in [0.29, 0.717) is 24.6 Å². The van der Waals surface area contributed by atoms with Crippen molar-refractivity contribution < 1.29 is 9.59 Å². The summed E-state index contributed by atoms with van der Waals surface area (Å²) in [6.45, 7) is 2.89. The molecule has 0 N–H and O–H groups in total. The summed E-state index contributed by atoms with van der Waals surface area (Å²) in [7, 11) is 0. The Bertz CT molecular complexity index is 923. The first kappa shape index (κ1) is 21.8. The number of allylic oxidation sites excluding steroid dienone is 1. The number of nitrogens with zero attached hydrogens (tertiary/aromatic N) is 2. The maximum Gasteiger partial charge on any atom is 0.246 e. The third-order valence-electron chi connectivity index (χ3n) is 6.43. The average molecular weight is 481 g/mol. The van der Waals surface area contributed by atoms with E-state index in [-0.39, 0.29) is 11.7 Å². The van der Waals surface area contributed by atoms with E-state index in [1.54, 1.807) is 0 Å². The molecule has 0 radical (unpaired) electrons. The Balaban J connectivity index is 1.28. The number of hydrogen-bond donors (Lipinski definition) is 0. The Labute approximate surface area is 193 Å². The molecule has 162 valence electrons. The molecule has 1 aliphatic heterocycles. The summed E-state index contributed by atoms with van der Waals surface area (Å²) in [6, 6.07) is 16.2. The van der Waals surface area contributed by atoms with Crippen LogP contribution in [0.25, 0.3) is 0 Å². The molecule has 1 saturated heterocycles. The molecule has 1 saturated carbocycles. The minimum atomic E-state index is -0.114. The fourth-order valence-corrected chi connectivity index (χ4v) is 4.81. The van der Waals surface area contributed by atoms with Crippen molar-refractivity contribution in [1.82, 2.24) is 4.90 Å². The quantitative estimate of drug-likeness (QED) is 0.413. The smallest absolute Gasteiger partial charge is 0.246 e. The van der Waals surface area contributed by atoms with Gasteiger partial charge >= 0.3 is 0 Å². The fourth-order valence-electron chi connectivity index (χ4n) is 4.54.